The molecule has 132 valence electrons. The van der Waals surface area contributed by atoms with E-state index in [4.69, 9.17) is 0 Å². The predicted octanol–water partition coefficient (Wildman–Crippen LogP) is 3.59. The summed E-state index contributed by atoms with van der Waals surface area (Å²) < 4.78 is 0. The quantitative estimate of drug-likeness (QED) is 0.925. The number of likely N-dealkylation sites (N-methyl/N-ethyl adjacent to an activating group) is 1. The summed E-state index contributed by atoms with van der Waals surface area (Å²) in [6.07, 6.45) is 2.24. The minimum absolute atomic E-state index is 0.0404. The summed E-state index contributed by atoms with van der Waals surface area (Å²) in [5.74, 6) is 0. The van der Waals surface area contributed by atoms with Crippen LogP contribution >= 0.6 is 0 Å². The number of rotatable bonds is 4. The average Bonchev–Trinajstić information content (AvgIpc) is 2.67. The lowest BCUT2D eigenvalue weighted by Crippen LogP contribution is -2.50. The maximum atomic E-state index is 12.4. The fourth-order valence-electron chi connectivity index (χ4n) is 3.30. The van der Waals surface area contributed by atoms with Crippen molar-refractivity contribution in [2.75, 3.05) is 27.2 Å². The zero-order valence-corrected chi connectivity index (χ0v) is 15.1. The van der Waals surface area contributed by atoms with Crippen molar-refractivity contribution < 1.29 is 4.79 Å². The van der Waals surface area contributed by atoms with Crippen molar-refractivity contribution >= 4 is 6.03 Å². The largest absolute Gasteiger partial charge is 0.334 e. The maximum absolute atomic E-state index is 12.4. The molecular formula is C21H27N3O. The molecule has 0 aromatic heterocycles. The molecule has 0 radical (unpaired) electrons. The molecule has 1 N–H and O–H groups in total. The first-order valence-corrected chi connectivity index (χ1v) is 8.97. The van der Waals surface area contributed by atoms with Crippen molar-refractivity contribution in [3.63, 3.8) is 0 Å². The number of nitrogens with zero attached hydrogens (tertiary/aromatic N) is 2. The Labute approximate surface area is 150 Å². The van der Waals surface area contributed by atoms with Gasteiger partial charge in [0.2, 0.25) is 0 Å². The first-order chi connectivity index (χ1) is 12.1. The van der Waals surface area contributed by atoms with Gasteiger partial charge in [-0.1, -0.05) is 54.6 Å². The molecule has 3 rings (SSSR count). The lowest BCUT2D eigenvalue weighted by molar-refractivity contribution is 0.140. The molecule has 4 heteroatoms. The molecule has 2 amide bonds. The summed E-state index contributed by atoms with van der Waals surface area (Å²) >= 11 is 0. The third kappa shape index (κ3) is 4.60. The smallest absolute Gasteiger partial charge is 0.317 e. The third-order valence-corrected chi connectivity index (χ3v) is 4.92. The normalized spacial score (nSPS) is 17.6. The Morgan fingerprint density at radius 3 is 2.44 bits per heavy atom. The van der Waals surface area contributed by atoms with Crippen LogP contribution in [-0.2, 0) is 6.54 Å². The molecule has 0 spiro atoms. The minimum Gasteiger partial charge on any atom is -0.334 e. The van der Waals surface area contributed by atoms with Gasteiger partial charge in [-0.25, -0.2) is 4.79 Å². The highest BCUT2D eigenvalue weighted by molar-refractivity contribution is 5.74. The van der Waals surface area contributed by atoms with Gasteiger partial charge in [0.15, 0.2) is 0 Å². The Morgan fingerprint density at radius 2 is 1.76 bits per heavy atom. The molecule has 0 unspecified atom stereocenters. The number of hydrogen-bond donors (Lipinski definition) is 1. The van der Waals surface area contributed by atoms with Gasteiger partial charge in [0.25, 0.3) is 0 Å². The average molecular weight is 337 g/mol. The number of piperidine rings is 1. The van der Waals surface area contributed by atoms with Crippen molar-refractivity contribution in [2.24, 2.45) is 0 Å². The topological polar surface area (TPSA) is 35.6 Å². The molecule has 25 heavy (non-hydrogen) atoms. The molecule has 2 aromatic carbocycles. The zero-order chi connectivity index (χ0) is 17.6. The van der Waals surface area contributed by atoms with Crippen molar-refractivity contribution in [2.45, 2.75) is 25.4 Å². The highest BCUT2D eigenvalue weighted by Crippen LogP contribution is 2.19. The molecule has 0 bridgehead atoms. The van der Waals surface area contributed by atoms with E-state index in [9.17, 15) is 4.79 Å². The number of nitrogens with one attached hydrogen (secondary N) is 1. The number of urea groups is 1. The molecule has 1 aliphatic heterocycles. The molecule has 2 aromatic rings. The summed E-state index contributed by atoms with van der Waals surface area (Å²) in [5, 5.41) is 3.06. The molecule has 0 aliphatic carbocycles. The lowest BCUT2D eigenvalue weighted by atomic mass is 10.0. The summed E-state index contributed by atoms with van der Waals surface area (Å²) in [4.78, 5) is 16.6. The molecule has 1 atom stereocenters. The van der Waals surface area contributed by atoms with Gasteiger partial charge in [-0.05, 0) is 43.6 Å². The SMILES string of the molecule is CN(C)[C@H]1CCCN(C(=O)NCc2ccc(-c3ccccc3)cc2)C1. The van der Waals surface area contributed by atoms with Crippen molar-refractivity contribution in [3.05, 3.63) is 60.2 Å². The fourth-order valence-corrected chi connectivity index (χ4v) is 3.30. The van der Waals surface area contributed by atoms with Crippen LogP contribution in [0.15, 0.2) is 54.6 Å². The first kappa shape index (κ1) is 17.5. The van der Waals surface area contributed by atoms with Gasteiger partial charge >= 0.3 is 6.03 Å². The summed E-state index contributed by atoms with van der Waals surface area (Å²) in [7, 11) is 4.17. The second kappa shape index (κ2) is 8.17. The monoisotopic (exact) mass is 337 g/mol. The van der Waals surface area contributed by atoms with Gasteiger partial charge < -0.3 is 15.1 Å². The van der Waals surface area contributed by atoms with Crippen LogP contribution in [0.4, 0.5) is 4.79 Å². The number of carbonyl (C=O) groups is 1. The van der Waals surface area contributed by atoms with E-state index < -0.39 is 0 Å². The molecule has 1 heterocycles. The van der Waals surface area contributed by atoms with Gasteiger partial charge in [0.1, 0.15) is 0 Å². The second-order valence-electron chi connectivity index (χ2n) is 6.93. The Kier molecular flexibility index (Phi) is 5.71. The van der Waals surface area contributed by atoms with E-state index in [0.29, 0.717) is 12.6 Å². The van der Waals surface area contributed by atoms with Crippen LogP contribution in [0.5, 0.6) is 0 Å². The highest BCUT2D eigenvalue weighted by Gasteiger charge is 2.24. The zero-order valence-electron chi connectivity index (χ0n) is 15.1. The Bertz CT molecular complexity index is 682. The van der Waals surface area contributed by atoms with Crippen LogP contribution < -0.4 is 5.32 Å². The van der Waals surface area contributed by atoms with Crippen LogP contribution in [0.1, 0.15) is 18.4 Å². The molecular weight excluding hydrogens is 310 g/mol. The van der Waals surface area contributed by atoms with Crippen LogP contribution in [0, 0.1) is 0 Å². The lowest BCUT2D eigenvalue weighted by Gasteiger charge is -2.36. The number of hydrogen-bond acceptors (Lipinski definition) is 2. The van der Waals surface area contributed by atoms with Crippen LogP contribution in [0.2, 0.25) is 0 Å². The minimum atomic E-state index is 0.0404. The van der Waals surface area contributed by atoms with Crippen LogP contribution in [0.3, 0.4) is 0 Å². The van der Waals surface area contributed by atoms with Gasteiger partial charge in [0.05, 0.1) is 0 Å². The van der Waals surface area contributed by atoms with Gasteiger partial charge in [-0.3, -0.25) is 0 Å². The van der Waals surface area contributed by atoms with E-state index in [2.05, 4.69) is 60.7 Å². The van der Waals surface area contributed by atoms with Gasteiger partial charge in [-0.15, -0.1) is 0 Å². The standard InChI is InChI=1S/C21H27N3O/c1-23(2)20-9-6-14-24(16-20)21(25)22-15-17-10-12-19(13-11-17)18-7-4-3-5-8-18/h3-5,7-8,10-13,20H,6,9,14-16H2,1-2H3,(H,22,25)/t20-/m0/s1. The van der Waals surface area contributed by atoms with E-state index in [1.165, 1.54) is 11.1 Å². The Balaban J connectivity index is 1.54. The van der Waals surface area contributed by atoms with E-state index in [-0.39, 0.29) is 6.03 Å². The molecule has 1 saturated heterocycles. The van der Waals surface area contributed by atoms with E-state index in [1.54, 1.807) is 0 Å². The van der Waals surface area contributed by atoms with E-state index in [0.717, 1.165) is 31.5 Å². The Hall–Kier alpha value is -2.33. The number of carbonyl (C=O) groups excluding carboxylic acids is 1. The molecule has 1 fully saturated rings. The number of likely N-dealkylation sites (tertiary alicyclic amines) is 1. The fraction of sp³-hybridized carbons (Fsp3) is 0.381. The molecule has 4 nitrogen and oxygen atoms in total. The van der Waals surface area contributed by atoms with E-state index in [1.807, 2.05) is 23.1 Å². The van der Waals surface area contributed by atoms with Crippen molar-refractivity contribution in [3.8, 4) is 11.1 Å². The van der Waals surface area contributed by atoms with Crippen molar-refractivity contribution in [1.29, 1.82) is 0 Å². The van der Waals surface area contributed by atoms with Crippen LogP contribution in [0.25, 0.3) is 11.1 Å². The van der Waals surface area contributed by atoms with Crippen LogP contribution in [-0.4, -0.2) is 49.1 Å². The summed E-state index contributed by atoms with van der Waals surface area (Å²) in [6.45, 7) is 2.23. The maximum Gasteiger partial charge on any atom is 0.317 e. The van der Waals surface area contributed by atoms with Gasteiger partial charge in [0, 0.05) is 25.7 Å². The molecule has 0 saturated carbocycles. The van der Waals surface area contributed by atoms with Gasteiger partial charge in [-0.2, -0.15) is 0 Å². The second-order valence-corrected chi connectivity index (χ2v) is 6.93. The van der Waals surface area contributed by atoms with E-state index >= 15 is 0 Å². The summed E-state index contributed by atoms with van der Waals surface area (Å²) in [5.41, 5.74) is 3.52. The number of benzene rings is 2. The third-order valence-electron chi connectivity index (χ3n) is 4.92. The summed E-state index contributed by atoms with van der Waals surface area (Å²) in [6, 6.07) is 19.2. The highest BCUT2D eigenvalue weighted by atomic mass is 16.2. The number of amides is 2. The predicted molar refractivity (Wildman–Crippen MR) is 102 cm³/mol. The molecule has 1 aliphatic rings. The van der Waals surface area contributed by atoms with Crippen molar-refractivity contribution in [1.82, 2.24) is 15.1 Å². The Morgan fingerprint density at radius 1 is 1.08 bits per heavy atom. The first-order valence-electron chi connectivity index (χ1n) is 8.97.